The standard InChI is InChI=1S/C22H22N8/c1-4-18-21(17-7-5-16(13-23)6-8-17)28-29-10-9-25-20(12-19(24)26-22(18)29)30-15(3)11-14(2)27-30/h5-12,28H,4,24H2,1-3H3. The molecule has 0 atom stereocenters. The van der Waals surface area contributed by atoms with Gasteiger partial charge in [-0.2, -0.15) is 10.4 Å². The number of nitrogens with one attached hydrogen (secondary N) is 1. The Hall–Kier alpha value is -4.12. The molecule has 0 saturated heterocycles. The van der Waals surface area contributed by atoms with Crippen LogP contribution in [0.25, 0.3) is 22.7 Å². The molecule has 0 bridgehead atoms. The highest BCUT2D eigenvalue weighted by atomic mass is 15.3. The predicted molar refractivity (Wildman–Crippen MR) is 116 cm³/mol. The summed E-state index contributed by atoms with van der Waals surface area (Å²) in [6.07, 6.45) is 4.26. The zero-order valence-corrected chi connectivity index (χ0v) is 17.1. The molecular formula is C22H22N8. The lowest BCUT2D eigenvalue weighted by molar-refractivity contribution is 0.807. The summed E-state index contributed by atoms with van der Waals surface area (Å²) in [6.45, 7) is 5.97. The fourth-order valence-electron chi connectivity index (χ4n) is 3.49. The van der Waals surface area contributed by atoms with E-state index in [0.717, 1.165) is 34.6 Å². The number of benzene rings is 1. The molecule has 0 spiro atoms. The number of aromatic amines is 1. The molecule has 0 saturated carbocycles. The van der Waals surface area contributed by atoms with Gasteiger partial charge in [0.2, 0.25) is 0 Å². The van der Waals surface area contributed by atoms with Crippen molar-refractivity contribution in [2.75, 3.05) is 5.73 Å². The number of nitrogens with two attached hydrogens (primary N) is 1. The van der Waals surface area contributed by atoms with Gasteiger partial charge in [-0.15, -0.1) is 0 Å². The number of aryl methyl sites for hydroxylation is 3. The van der Waals surface area contributed by atoms with E-state index in [9.17, 15) is 0 Å². The van der Waals surface area contributed by atoms with E-state index in [0.29, 0.717) is 22.8 Å². The minimum absolute atomic E-state index is 0.332. The Balaban J connectivity index is 1.92. The van der Waals surface area contributed by atoms with E-state index in [1.165, 1.54) is 0 Å². The molecule has 4 rings (SSSR count). The van der Waals surface area contributed by atoms with Crippen molar-refractivity contribution in [3.8, 4) is 23.1 Å². The zero-order valence-electron chi connectivity index (χ0n) is 17.1. The number of nitrogen functional groups attached to an aromatic ring is 1. The number of anilines is 1. The number of hydrogen-bond acceptors (Lipinski definition) is 5. The lowest BCUT2D eigenvalue weighted by Gasteiger charge is -2.02. The molecule has 3 N–H and O–H groups in total. The minimum atomic E-state index is 0.332. The van der Waals surface area contributed by atoms with E-state index < -0.39 is 0 Å². The molecule has 4 aromatic rings. The van der Waals surface area contributed by atoms with Crippen LogP contribution in [-0.4, -0.2) is 29.4 Å². The van der Waals surface area contributed by atoms with Gasteiger partial charge in [0, 0.05) is 29.7 Å². The highest BCUT2D eigenvalue weighted by molar-refractivity contribution is 5.71. The van der Waals surface area contributed by atoms with Crippen molar-refractivity contribution in [1.29, 1.82) is 5.26 Å². The Morgan fingerprint density at radius 1 is 1.17 bits per heavy atom. The Labute approximate surface area is 173 Å². The quantitative estimate of drug-likeness (QED) is 0.547. The van der Waals surface area contributed by atoms with Gasteiger partial charge in [-0.05, 0) is 44.0 Å². The number of nitrogens with zero attached hydrogens (tertiary/aromatic N) is 6. The predicted octanol–water partition coefficient (Wildman–Crippen LogP) is 3.67. The summed E-state index contributed by atoms with van der Waals surface area (Å²) in [7, 11) is 0. The van der Waals surface area contributed by atoms with Crippen LogP contribution < -0.4 is 5.73 Å². The third kappa shape index (κ3) is 3.49. The minimum Gasteiger partial charge on any atom is -0.384 e. The van der Waals surface area contributed by atoms with E-state index in [1.807, 2.05) is 38.2 Å². The van der Waals surface area contributed by atoms with Gasteiger partial charge < -0.3 is 5.73 Å². The van der Waals surface area contributed by atoms with Crippen molar-refractivity contribution in [2.45, 2.75) is 27.2 Å². The normalized spacial score (nSPS) is 10.7. The number of aromatic nitrogens is 6. The van der Waals surface area contributed by atoms with Gasteiger partial charge in [0.25, 0.3) is 0 Å². The van der Waals surface area contributed by atoms with E-state index in [1.54, 1.807) is 33.6 Å². The van der Waals surface area contributed by atoms with Crippen LogP contribution in [0.1, 0.15) is 29.4 Å². The average Bonchev–Trinajstić information content (AvgIpc) is 3.27. The number of hydrogen-bond donors (Lipinski definition) is 2. The van der Waals surface area contributed by atoms with Crippen molar-refractivity contribution in [1.82, 2.24) is 29.4 Å². The summed E-state index contributed by atoms with van der Waals surface area (Å²) in [5.74, 6) is 0.924. The first kappa shape index (κ1) is 19.2. The molecule has 8 nitrogen and oxygen atoms in total. The maximum absolute atomic E-state index is 9.05. The van der Waals surface area contributed by atoms with Crippen molar-refractivity contribution >= 4 is 11.5 Å². The van der Waals surface area contributed by atoms with Crippen molar-refractivity contribution < 1.29 is 0 Å². The van der Waals surface area contributed by atoms with E-state index in [2.05, 4.69) is 33.2 Å². The summed E-state index contributed by atoms with van der Waals surface area (Å²) in [6, 6.07) is 13.3. The monoisotopic (exact) mass is 398 g/mol. The molecule has 150 valence electrons. The van der Waals surface area contributed by atoms with Crippen molar-refractivity contribution in [3.63, 3.8) is 0 Å². The van der Waals surface area contributed by atoms with Crippen LogP contribution >= 0.6 is 0 Å². The third-order valence-electron chi connectivity index (χ3n) is 4.85. The number of nitriles is 1. The second-order valence-corrected chi connectivity index (χ2v) is 7.01. The summed E-state index contributed by atoms with van der Waals surface area (Å²) in [4.78, 5) is 9.21. The van der Waals surface area contributed by atoms with Gasteiger partial charge in [-0.3, -0.25) is 5.10 Å². The van der Waals surface area contributed by atoms with Gasteiger partial charge in [0.1, 0.15) is 5.82 Å². The second kappa shape index (κ2) is 7.72. The van der Waals surface area contributed by atoms with Gasteiger partial charge in [-0.1, -0.05) is 19.1 Å². The number of H-pyrrole nitrogens is 1. The summed E-state index contributed by atoms with van der Waals surface area (Å²) in [5.41, 5.74) is 12.4. The van der Waals surface area contributed by atoms with Crippen molar-refractivity contribution in [3.05, 3.63) is 71.3 Å². The molecule has 0 fully saturated rings. The molecule has 0 aliphatic carbocycles. The van der Waals surface area contributed by atoms with Crippen LogP contribution in [0.2, 0.25) is 0 Å². The Kier molecular flexibility index (Phi) is 4.94. The molecule has 3 aromatic heterocycles. The van der Waals surface area contributed by atoms with Gasteiger partial charge in [0.05, 0.1) is 23.0 Å². The first-order chi connectivity index (χ1) is 14.5. The van der Waals surface area contributed by atoms with Crippen LogP contribution in [0.15, 0.2) is 48.8 Å². The first-order valence-electron chi connectivity index (χ1n) is 9.64. The lowest BCUT2D eigenvalue weighted by atomic mass is 10.0. The van der Waals surface area contributed by atoms with Gasteiger partial charge in [-0.25, -0.2) is 19.2 Å². The van der Waals surface area contributed by atoms with E-state index in [-0.39, 0.29) is 0 Å². The Bertz CT molecular complexity index is 1310. The number of fused-ring (bicyclic) bond motifs is 1. The molecule has 30 heavy (non-hydrogen) atoms. The van der Waals surface area contributed by atoms with Gasteiger partial charge >= 0.3 is 0 Å². The van der Waals surface area contributed by atoms with E-state index >= 15 is 0 Å². The average molecular weight is 398 g/mol. The lowest BCUT2D eigenvalue weighted by Crippen LogP contribution is -2.01. The molecule has 3 heterocycles. The SMILES string of the molecule is CCc1c(-c2ccc(C#N)cc2)[nH]n2ccnc(-n3nc(C)cc3C)cc(N)nc12. The molecule has 0 aliphatic rings. The number of rotatable bonds is 3. The fraction of sp³-hybridized carbons (Fsp3) is 0.182. The fourth-order valence-corrected chi connectivity index (χ4v) is 3.49. The summed E-state index contributed by atoms with van der Waals surface area (Å²) < 4.78 is 3.55. The topological polar surface area (TPSA) is 114 Å². The molecule has 0 unspecified atom stereocenters. The first-order valence-corrected chi connectivity index (χ1v) is 9.64. The van der Waals surface area contributed by atoms with Crippen LogP contribution in [0.3, 0.4) is 0 Å². The molecular weight excluding hydrogens is 376 g/mol. The van der Waals surface area contributed by atoms with Crippen LogP contribution in [0.5, 0.6) is 0 Å². The van der Waals surface area contributed by atoms with Crippen LogP contribution in [0, 0.1) is 25.2 Å². The second-order valence-electron chi connectivity index (χ2n) is 7.01. The maximum atomic E-state index is 9.05. The Morgan fingerprint density at radius 2 is 1.93 bits per heavy atom. The smallest absolute Gasteiger partial charge is 0.159 e. The highest BCUT2D eigenvalue weighted by Gasteiger charge is 2.13. The Morgan fingerprint density at radius 3 is 2.57 bits per heavy atom. The zero-order chi connectivity index (χ0) is 21.3. The maximum Gasteiger partial charge on any atom is 0.159 e. The highest BCUT2D eigenvalue weighted by Crippen LogP contribution is 2.26. The van der Waals surface area contributed by atoms with Gasteiger partial charge in [0.15, 0.2) is 11.5 Å². The largest absolute Gasteiger partial charge is 0.384 e. The van der Waals surface area contributed by atoms with E-state index in [4.69, 9.17) is 11.0 Å². The molecule has 0 amide bonds. The summed E-state index contributed by atoms with van der Waals surface area (Å²) >= 11 is 0. The molecule has 8 heteroatoms. The molecule has 1 aromatic carbocycles. The summed E-state index contributed by atoms with van der Waals surface area (Å²) in [5, 5.41) is 16.9. The molecule has 0 aliphatic heterocycles. The molecule has 0 radical (unpaired) electrons. The van der Waals surface area contributed by atoms with Crippen LogP contribution in [0.4, 0.5) is 5.82 Å². The third-order valence-corrected chi connectivity index (χ3v) is 4.85. The van der Waals surface area contributed by atoms with Crippen LogP contribution in [-0.2, 0) is 6.42 Å². The van der Waals surface area contributed by atoms with Crippen molar-refractivity contribution in [2.24, 2.45) is 0 Å².